The van der Waals surface area contributed by atoms with Gasteiger partial charge in [-0.05, 0) is 125 Å². The average Bonchev–Trinajstić information content (AvgIpc) is 3.59. The van der Waals surface area contributed by atoms with Crippen LogP contribution in [0.5, 0.6) is 0 Å². The summed E-state index contributed by atoms with van der Waals surface area (Å²) in [5.74, 6) is 0.577. The molecule has 1 N–H and O–H groups in total. The van der Waals surface area contributed by atoms with Gasteiger partial charge in [0.25, 0.3) is 0 Å². The van der Waals surface area contributed by atoms with Crippen molar-refractivity contribution < 1.29 is 28.8 Å². The molecule has 5 heterocycles. The minimum absolute atomic E-state index is 0.0111. The molecule has 0 aromatic heterocycles. The quantitative estimate of drug-likeness (QED) is 0.334. The first-order valence-corrected chi connectivity index (χ1v) is 14.8. The van der Waals surface area contributed by atoms with Crippen LogP contribution >= 0.6 is 0 Å². The van der Waals surface area contributed by atoms with Crippen molar-refractivity contribution in [2.75, 3.05) is 6.61 Å². The van der Waals surface area contributed by atoms with E-state index in [9.17, 15) is 5.11 Å². The Bertz CT molecular complexity index is 842. The van der Waals surface area contributed by atoms with Gasteiger partial charge < -0.3 is 28.8 Å². The molecule has 6 rings (SSSR count). The average molecular weight is 507 g/mol. The van der Waals surface area contributed by atoms with Gasteiger partial charge in [0.15, 0.2) is 0 Å². The van der Waals surface area contributed by atoms with Crippen LogP contribution in [0.15, 0.2) is 0 Å². The summed E-state index contributed by atoms with van der Waals surface area (Å²) in [6.45, 7) is 14.1. The highest BCUT2D eigenvalue weighted by Gasteiger charge is 2.59. The summed E-state index contributed by atoms with van der Waals surface area (Å²) >= 11 is 0. The third kappa shape index (κ3) is 5.29. The largest absolute Gasteiger partial charge is 0.390 e. The fraction of sp³-hybridized carbons (Fsp3) is 1.00. The van der Waals surface area contributed by atoms with Crippen molar-refractivity contribution in [2.45, 2.75) is 177 Å². The molecule has 0 aromatic carbocycles. The Morgan fingerprint density at radius 1 is 0.611 bits per heavy atom. The topological polar surface area (TPSA) is 82.9 Å². The zero-order valence-electron chi connectivity index (χ0n) is 23.6. The molecule has 6 nitrogen and oxygen atoms in total. The molecule has 0 bridgehead atoms. The van der Waals surface area contributed by atoms with Crippen LogP contribution in [-0.2, 0) is 23.7 Å². The molecule has 6 fully saturated rings. The standard InChI is InChI=1S/C30H50O6/c1-25(2)21(33-25)9-13-27(5)23(35-27)11-17-29(31)15-7-20(8-16-29)30(19-32-30)18-12-24-28(6,36-24)14-10-22-26(3,4)34-22/h20-24,31H,7-19H2,1-6H3. The number of epoxide rings is 5. The fourth-order valence-electron chi connectivity index (χ4n) is 7.45. The Hall–Kier alpha value is -0.240. The lowest BCUT2D eigenvalue weighted by Crippen LogP contribution is -2.39. The summed E-state index contributed by atoms with van der Waals surface area (Å²) in [4.78, 5) is 0. The third-order valence-electron chi connectivity index (χ3n) is 11.1. The first kappa shape index (κ1) is 26.0. The van der Waals surface area contributed by atoms with E-state index in [4.69, 9.17) is 23.7 Å². The van der Waals surface area contributed by atoms with E-state index in [2.05, 4.69) is 41.5 Å². The van der Waals surface area contributed by atoms with Crippen molar-refractivity contribution in [1.82, 2.24) is 0 Å². The van der Waals surface area contributed by atoms with E-state index in [0.717, 1.165) is 83.7 Å². The smallest absolute Gasteiger partial charge is 0.0945 e. The Balaban J connectivity index is 0.887. The fourth-order valence-corrected chi connectivity index (χ4v) is 7.45. The molecule has 0 radical (unpaired) electrons. The SMILES string of the molecule is CC1(C)OC1CCC1(C)OC1CCC1(O)CCC(C2(CCC3OC3(C)CCC3OC3(C)C)CO2)CC1. The number of aliphatic hydroxyl groups is 1. The number of ether oxygens (including phenoxy) is 5. The normalized spacial score (nSPS) is 51.6. The van der Waals surface area contributed by atoms with Crippen molar-refractivity contribution in [2.24, 2.45) is 5.92 Å². The lowest BCUT2D eigenvalue weighted by molar-refractivity contribution is -0.0309. The van der Waals surface area contributed by atoms with E-state index in [1.807, 2.05) is 0 Å². The van der Waals surface area contributed by atoms with Crippen molar-refractivity contribution in [3.05, 3.63) is 0 Å². The summed E-state index contributed by atoms with van der Waals surface area (Å²) in [5.41, 5.74) is -0.325. The van der Waals surface area contributed by atoms with Crippen molar-refractivity contribution >= 4 is 0 Å². The second kappa shape index (κ2) is 8.38. The van der Waals surface area contributed by atoms with Gasteiger partial charge in [0.2, 0.25) is 0 Å². The first-order chi connectivity index (χ1) is 16.8. The van der Waals surface area contributed by atoms with Gasteiger partial charge in [-0.3, -0.25) is 0 Å². The number of hydrogen-bond acceptors (Lipinski definition) is 6. The predicted octanol–water partition coefficient (Wildman–Crippen LogP) is 5.47. The molecule has 1 aliphatic carbocycles. The predicted molar refractivity (Wildman–Crippen MR) is 137 cm³/mol. The molecular weight excluding hydrogens is 456 g/mol. The second-order valence-electron chi connectivity index (χ2n) is 14.8. The molecule has 36 heavy (non-hydrogen) atoms. The van der Waals surface area contributed by atoms with Crippen LogP contribution in [-0.4, -0.2) is 69.7 Å². The highest BCUT2D eigenvalue weighted by atomic mass is 16.6. The highest BCUT2D eigenvalue weighted by molar-refractivity contribution is 5.08. The summed E-state index contributed by atoms with van der Waals surface area (Å²) in [7, 11) is 0. The van der Waals surface area contributed by atoms with E-state index >= 15 is 0 Å². The number of hydrogen-bond donors (Lipinski definition) is 1. The van der Waals surface area contributed by atoms with E-state index in [-0.39, 0.29) is 28.0 Å². The van der Waals surface area contributed by atoms with Gasteiger partial charge >= 0.3 is 0 Å². The van der Waals surface area contributed by atoms with E-state index < -0.39 is 5.60 Å². The Kier molecular flexibility index (Phi) is 6.05. The van der Waals surface area contributed by atoms with Crippen LogP contribution in [0.3, 0.4) is 0 Å². The van der Waals surface area contributed by atoms with Gasteiger partial charge in [-0.25, -0.2) is 0 Å². The lowest BCUT2D eigenvalue weighted by Gasteiger charge is -2.38. The van der Waals surface area contributed by atoms with Gasteiger partial charge in [0, 0.05) is 0 Å². The highest BCUT2D eigenvalue weighted by Crippen LogP contribution is 2.53. The van der Waals surface area contributed by atoms with Crippen LogP contribution in [0, 0.1) is 5.92 Å². The van der Waals surface area contributed by atoms with E-state index in [1.54, 1.807) is 0 Å². The molecule has 0 amide bonds. The molecule has 1 saturated carbocycles. The second-order valence-corrected chi connectivity index (χ2v) is 14.8. The molecule has 7 atom stereocenters. The molecular formula is C30H50O6. The summed E-state index contributed by atoms with van der Waals surface area (Å²) in [6, 6.07) is 0. The minimum Gasteiger partial charge on any atom is -0.390 e. The summed E-state index contributed by atoms with van der Waals surface area (Å²) < 4.78 is 29.8. The molecule has 5 saturated heterocycles. The lowest BCUT2D eigenvalue weighted by atomic mass is 9.70. The molecule has 7 unspecified atom stereocenters. The van der Waals surface area contributed by atoms with Crippen molar-refractivity contribution in [3.63, 3.8) is 0 Å². The zero-order chi connectivity index (χ0) is 25.6. The number of rotatable bonds is 13. The van der Waals surface area contributed by atoms with Gasteiger partial charge in [0.1, 0.15) is 0 Å². The van der Waals surface area contributed by atoms with Crippen molar-refractivity contribution in [1.29, 1.82) is 0 Å². The first-order valence-electron chi connectivity index (χ1n) is 14.8. The Morgan fingerprint density at radius 3 is 1.44 bits per heavy atom. The molecule has 6 heteroatoms. The maximum atomic E-state index is 11.3. The molecule has 206 valence electrons. The van der Waals surface area contributed by atoms with Crippen LogP contribution in [0.1, 0.15) is 119 Å². The van der Waals surface area contributed by atoms with Gasteiger partial charge in [0.05, 0.1) is 64.6 Å². The summed E-state index contributed by atoms with van der Waals surface area (Å²) in [6.07, 6.45) is 13.7. The van der Waals surface area contributed by atoms with Crippen LogP contribution < -0.4 is 0 Å². The van der Waals surface area contributed by atoms with E-state index in [1.165, 1.54) is 0 Å². The van der Waals surface area contributed by atoms with Gasteiger partial charge in [-0.15, -0.1) is 0 Å². The Morgan fingerprint density at radius 2 is 1.03 bits per heavy atom. The van der Waals surface area contributed by atoms with Crippen LogP contribution in [0.2, 0.25) is 0 Å². The zero-order valence-corrected chi connectivity index (χ0v) is 23.6. The Labute approximate surface area is 218 Å². The molecule has 6 aliphatic rings. The maximum absolute atomic E-state index is 11.3. The minimum atomic E-state index is -0.530. The van der Waals surface area contributed by atoms with Gasteiger partial charge in [-0.1, -0.05) is 0 Å². The monoisotopic (exact) mass is 506 g/mol. The van der Waals surface area contributed by atoms with E-state index in [0.29, 0.717) is 30.3 Å². The molecule has 0 spiro atoms. The van der Waals surface area contributed by atoms with Gasteiger partial charge in [-0.2, -0.15) is 0 Å². The van der Waals surface area contributed by atoms with Crippen LogP contribution in [0.4, 0.5) is 0 Å². The van der Waals surface area contributed by atoms with Crippen LogP contribution in [0.25, 0.3) is 0 Å². The third-order valence-corrected chi connectivity index (χ3v) is 11.1. The van der Waals surface area contributed by atoms with Crippen molar-refractivity contribution in [3.8, 4) is 0 Å². The molecule has 5 aliphatic heterocycles. The maximum Gasteiger partial charge on any atom is 0.0945 e. The summed E-state index contributed by atoms with van der Waals surface area (Å²) in [5, 5.41) is 11.3. The molecule has 0 aromatic rings.